The number of rotatable bonds is 9. The lowest BCUT2D eigenvalue weighted by Gasteiger charge is -2.41. The third-order valence-electron chi connectivity index (χ3n) is 9.23. The van der Waals surface area contributed by atoms with E-state index in [9.17, 15) is 8.78 Å². The Hall–Kier alpha value is -1.16. The molecule has 0 aromatic heterocycles. The molecule has 2 atom stereocenters. The molecule has 2 unspecified atom stereocenters. The van der Waals surface area contributed by atoms with Gasteiger partial charge in [0.2, 0.25) is 5.82 Å². The molecule has 1 aliphatic heterocycles. The maximum atomic E-state index is 14.7. The highest BCUT2D eigenvalue weighted by Gasteiger charge is 2.36. The standard InChI is InChI=1S/C30H46F2O2/c1-3-5-6-7-21-8-10-22(11-9-21)25-16-18-27(34-20-25)24-14-12-23(13-15-24)26-17-19-28(33-4-2)30(32)29(26)31/h17,19,21-25,27H,3-16,18,20H2,1-2H3. The number of ether oxygens (including phenoxy) is 2. The van der Waals surface area contributed by atoms with Gasteiger partial charge in [0.1, 0.15) is 0 Å². The minimum Gasteiger partial charge on any atom is -0.491 e. The summed E-state index contributed by atoms with van der Waals surface area (Å²) >= 11 is 0. The van der Waals surface area contributed by atoms with Crippen LogP contribution >= 0.6 is 0 Å². The number of benzene rings is 1. The molecule has 0 bridgehead atoms. The van der Waals surface area contributed by atoms with E-state index in [4.69, 9.17) is 9.47 Å². The molecule has 4 rings (SSSR count). The van der Waals surface area contributed by atoms with Gasteiger partial charge in [0, 0.05) is 0 Å². The van der Waals surface area contributed by atoms with Crippen molar-refractivity contribution in [1.82, 2.24) is 0 Å². The van der Waals surface area contributed by atoms with E-state index in [0.717, 1.165) is 50.0 Å². The average molecular weight is 477 g/mol. The summed E-state index contributed by atoms with van der Waals surface area (Å²) in [6, 6.07) is 3.32. The van der Waals surface area contributed by atoms with Crippen LogP contribution in [0.1, 0.15) is 115 Å². The van der Waals surface area contributed by atoms with Crippen LogP contribution in [0.5, 0.6) is 5.75 Å². The van der Waals surface area contributed by atoms with Gasteiger partial charge in [-0.15, -0.1) is 0 Å². The smallest absolute Gasteiger partial charge is 0.200 e. The van der Waals surface area contributed by atoms with Crippen LogP contribution in [0, 0.1) is 35.3 Å². The van der Waals surface area contributed by atoms with Crippen molar-refractivity contribution in [2.75, 3.05) is 13.2 Å². The zero-order valence-corrected chi connectivity index (χ0v) is 21.5. The van der Waals surface area contributed by atoms with E-state index in [1.54, 1.807) is 19.1 Å². The second-order valence-corrected chi connectivity index (χ2v) is 11.3. The lowest BCUT2D eigenvalue weighted by molar-refractivity contribution is -0.0724. The molecule has 2 nitrogen and oxygen atoms in total. The predicted molar refractivity (Wildman–Crippen MR) is 134 cm³/mol. The van der Waals surface area contributed by atoms with Crippen molar-refractivity contribution >= 4 is 0 Å². The number of hydrogen-bond donors (Lipinski definition) is 0. The van der Waals surface area contributed by atoms with E-state index in [2.05, 4.69) is 6.92 Å². The molecule has 3 fully saturated rings. The Morgan fingerprint density at radius 3 is 2.15 bits per heavy atom. The molecule has 1 aromatic rings. The lowest BCUT2D eigenvalue weighted by Crippen LogP contribution is -2.37. The Balaban J connectivity index is 1.19. The second-order valence-electron chi connectivity index (χ2n) is 11.3. The van der Waals surface area contributed by atoms with Crippen molar-refractivity contribution in [2.45, 2.75) is 116 Å². The van der Waals surface area contributed by atoms with Gasteiger partial charge in [-0.2, -0.15) is 4.39 Å². The van der Waals surface area contributed by atoms with Crippen LogP contribution in [0.4, 0.5) is 8.78 Å². The first-order valence-electron chi connectivity index (χ1n) is 14.3. The molecule has 2 aliphatic carbocycles. The van der Waals surface area contributed by atoms with E-state index in [-0.39, 0.29) is 11.7 Å². The topological polar surface area (TPSA) is 18.5 Å². The molecule has 34 heavy (non-hydrogen) atoms. The molecular weight excluding hydrogens is 430 g/mol. The quantitative estimate of drug-likeness (QED) is 0.331. The summed E-state index contributed by atoms with van der Waals surface area (Å²) in [5.41, 5.74) is 0.523. The monoisotopic (exact) mass is 476 g/mol. The van der Waals surface area contributed by atoms with E-state index >= 15 is 0 Å². The molecule has 2 saturated carbocycles. The SMILES string of the molecule is CCCCCC1CCC(C2CCC(C3CCC(c4ccc(OCC)c(F)c4F)CC3)OC2)CC1. The van der Waals surface area contributed by atoms with Crippen LogP contribution < -0.4 is 4.74 Å². The number of unbranched alkanes of at least 4 members (excludes halogenated alkanes) is 2. The van der Waals surface area contributed by atoms with Gasteiger partial charge in [0.05, 0.1) is 19.3 Å². The third kappa shape index (κ3) is 6.33. The first kappa shape index (κ1) is 25.9. The maximum absolute atomic E-state index is 14.7. The van der Waals surface area contributed by atoms with Gasteiger partial charge in [-0.05, 0) is 99.5 Å². The zero-order chi connectivity index (χ0) is 23.9. The van der Waals surface area contributed by atoms with Crippen LogP contribution in [0.25, 0.3) is 0 Å². The highest BCUT2D eigenvalue weighted by molar-refractivity contribution is 5.33. The summed E-state index contributed by atoms with van der Waals surface area (Å²) in [6.07, 6.45) is 18.1. The van der Waals surface area contributed by atoms with Crippen LogP contribution in [0.2, 0.25) is 0 Å². The van der Waals surface area contributed by atoms with Crippen molar-refractivity contribution in [3.8, 4) is 5.75 Å². The molecule has 3 aliphatic rings. The Morgan fingerprint density at radius 2 is 1.50 bits per heavy atom. The molecule has 0 spiro atoms. The summed E-state index contributed by atoms with van der Waals surface area (Å²) in [7, 11) is 0. The van der Waals surface area contributed by atoms with Gasteiger partial charge in [-0.3, -0.25) is 0 Å². The van der Waals surface area contributed by atoms with Crippen molar-refractivity contribution < 1.29 is 18.3 Å². The maximum Gasteiger partial charge on any atom is 0.200 e. The van der Waals surface area contributed by atoms with Crippen molar-refractivity contribution in [3.05, 3.63) is 29.3 Å². The molecule has 0 radical (unpaired) electrons. The number of halogens is 2. The molecule has 0 N–H and O–H groups in total. The van der Waals surface area contributed by atoms with Gasteiger partial charge in [-0.25, -0.2) is 4.39 Å². The van der Waals surface area contributed by atoms with E-state index in [1.165, 1.54) is 64.2 Å². The van der Waals surface area contributed by atoms with Gasteiger partial charge in [0.25, 0.3) is 0 Å². The highest BCUT2D eigenvalue weighted by Crippen LogP contribution is 2.44. The van der Waals surface area contributed by atoms with E-state index in [1.807, 2.05) is 0 Å². The largest absolute Gasteiger partial charge is 0.491 e. The average Bonchev–Trinajstić information content (AvgIpc) is 2.88. The summed E-state index contributed by atoms with van der Waals surface area (Å²) < 4.78 is 40.7. The van der Waals surface area contributed by atoms with Crippen LogP contribution in [-0.2, 0) is 4.74 Å². The first-order chi connectivity index (χ1) is 16.6. The number of hydrogen-bond acceptors (Lipinski definition) is 2. The summed E-state index contributed by atoms with van der Waals surface area (Å²) in [5, 5.41) is 0. The van der Waals surface area contributed by atoms with Gasteiger partial charge < -0.3 is 9.47 Å². The second kappa shape index (κ2) is 12.7. The summed E-state index contributed by atoms with van der Waals surface area (Å²) in [4.78, 5) is 0. The highest BCUT2D eigenvalue weighted by atomic mass is 19.2. The molecule has 1 saturated heterocycles. The molecule has 1 heterocycles. The molecule has 0 amide bonds. The summed E-state index contributed by atoms with van der Waals surface area (Å²) in [5.74, 6) is 1.75. The van der Waals surface area contributed by atoms with E-state index in [0.29, 0.717) is 24.2 Å². The minimum absolute atomic E-state index is 0.0209. The molecule has 192 valence electrons. The fourth-order valence-electron chi connectivity index (χ4n) is 7.10. The van der Waals surface area contributed by atoms with Gasteiger partial charge in [-0.1, -0.05) is 51.5 Å². The third-order valence-corrected chi connectivity index (χ3v) is 9.23. The van der Waals surface area contributed by atoms with Crippen molar-refractivity contribution in [1.29, 1.82) is 0 Å². The summed E-state index contributed by atoms with van der Waals surface area (Å²) in [6.45, 7) is 5.35. The van der Waals surface area contributed by atoms with E-state index < -0.39 is 11.6 Å². The lowest BCUT2D eigenvalue weighted by atomic mass is 9.71. The van der Waals surface area contributed by atoms with Crippen LogP contribution in [0.15, 0.2) is 12.1 Å². The van der Waals surface area contributed by atoms with Crippen LogP contribution in [-0.4, -0.2) is 19.3 Å². The predicted octanol–water partition coefficient (Wildman–Crippen LogP) is 8.82. The van der Waals surface area contributed by atoms with Crippen LogP contribution in [0.3, 0.4) is 0 Å². The Labute approximate surface area is 206 Å². The Bertz CT molecular complexity index is 742. The molecule has 4 heteroatoms. The van der Waals surface area contributed by atoms with Gasteiger partial charge in [0.15, 0.2) is 11.6 Å². The van der Waals surface area contributed by atoms with Gasteiger partial charge >= 0.3 is 0 Å². The Kier molecular flexibility index (Phi) is 9.68. The minimum atomic E-state index is -0.835. The fourth-order valence-corrected chi connectivity index (χ4v) is 7.10. The van der Waals surface area contributed by atoms with Crippen molar-refractivity contribution in [2.24, 2.45) is 23.7 Å². The molecule has 1 aromatic carbocycles. The zero-order valence-electron chi connectivity index (χ0n) is 21.5. The Morgan fingerprint density at radius 1 is 0.794 bits per heavy atom. The molecular formula is C30H46F2O2. The normalized spacial score (nSPS) is 32.5. The van der Waals surface area contributed by atoms with Crippen molar-refractivity contribution in [3.63, 3.8) is 0 Å². The fraction of sp³-hybridized carbons (Fsp3) is 0.800. The first-order valence-corrected chi connectivity index (χ1v) is 14.3.